The number of hydrogen-bond donors (Lipinski definition) is 3. The average Bonchev–Trinajstić information content (AvgIpc) is 3.44. The SMILES string of the molecule is CCNC(=O)c1cc2c(n1S(=O)(=O)Cc1ccccc1)C(=C=O)N(C)C=C2c1cc(C(C)(C)O)ccc1Oc1c(C)cc(S(C)(=N)=O)cc1C. The molecule has 0 spiro atoms. The normalized spacial score (nSPS) is 14.4. The smallest absolute Gasteiger partial charge is 0.269 e. The molecule has 1 aromatic heterocycles. The standard InChI is InChI=1S/C37H40N4O7S2/c1-8-39-36(43)31-19-29-30(20-40(6)32(21-42)34(29)41(31)50(46,47)22-25-12-10-9-11-13-25)28-18-26(37(4,5)44)14-15-33(28)48-35-23(2)16-27(17-24(35)3)49(7,38)45/h9-20,38,44H,8,22H2,1-7H3,(H,39,43). The van der Waals surface area contributed by atoms with Crippen LogP contribution in [0.3, 0.4) is 0 Å². The summed E-state index contributed by atoms with van der Waals surface area (Å²) in [6.07, 6.45) is 2.98. The zero-order valence-corrected chi connectivity index (χ0v) is 30.6. The van der Waals surface area contributed by atoms with Crippen LogP contribution in [0.25, 0.3) is 11.3 Å². The van der Waals surface area contributed by atoms with Gasteiger partial charge in [-0.25, -0.2) is 26.2 Å². The summed E-state index contributed by atoms with van der Waals surface area (Å²) in [5, 5.41) is 13.7. The van der Waals surface area contributed by atoms with Gasteiger partial charge in [-0.2, -0.15) is 0 Å². The van der Waals surface area contributed by atoms with E-state index in [1.54, 1.807) is 109 Å². The van der Waals surface area contributed by atoms with Crippen molar-refractivity contribution in [1.29, 1.82) is 4.78 Å². The first-order valence-corrected chi connectivity index (χ1v) is 19.4. The predicted molar refractivity (Wildman–Crippen MR) is 194 cm³/mol. The van der Waals surface area contributed by atoms with Gasteiger partial charge in [-0.1, -0.05) is 36.4 Å². The van der Waals surface area contributed by atoms with Gasteiger partial charge in [0.1, 0.15) is 22.9 Å². The van der Waals surface area contributed by atoms with Gasteiger partial charge in [0.25, 0.3) is 5.91 Å². The van der Waals surface area contributed by atoms with E-state index in [4.69, 9.17) is 9.52 Å². The number of amides is 1. The Balaban J connectivity index is 1.80. The van der Waals surface area contributed by atoms with Crippen LogP contribution in [0.2, 0.25) is 0 Å². The van der Waals surface area contributed by atoms with Crippen LogP contribution in [0, 0.1) is 18.6 Å². The van der Waals surface area contributed by atoms with Gasteiger partial charge in [0.05, 0.1) is 21.1 Å². The number of carbonyl (C=O) groups excluding carboxylic acids is 2. The minimum atomic E-state index is -4.30. The molecule has 3 aromatic carbocycles. The molecule has 1 atom stereocenters. The summed E-state index contributed by atoms with van der Waals surface area (Å²) >= 11 is 0. The third-order valence-electron chi connectivity index (χ3n) is 8.36. The van der Waals surface area contributed by atoms with Crippen LogP contribution >= 0.6 is 0 Å². The second-order valence-corrected chi connectivity index (χ2v) is 16.8. The number of fused-ring (bicyclic) bond motifs is 1. The number of nitrogens with zero attached hydrogens (tertiary/aromatic N) is 2. The van der Waals surface area contributed by atoms with Gasteiger partial charge >= 0.3 is 0 Å². The highest BCUT2D eigenvalue weighted by Gasteiger charge is 2.36. The van der Waals surface area contributed by atoms with E-state index in [0.29, 0.717) is 49.8 Å². The number of benzene rings is 3. The second kappa shape index (κ2) is 13.4. The lowest BCUT2D eigenvalue weighted by atomic mass is 9.89. The Kier molecular flexibility index (Phi) is 9.75. The topological polar surface area (TPSA) is 159 Å². The van der Waals surface area contributed by atoms with Gasteiger partial charge in [-0.3, -0.25) is 4.79 Å². The van der Waals surface area contributed by atoms with Gasteiger partial charge < -0.3 is 20.1 Å². The molecule has 0 aliphatic carbocycles. The van der Waals surface area contributed by atoms with Crippen LogP contribution < -0.4 is 10.1 Å². The molecule has 3 N–H and O–H groups in total. The van der Waals surface area contributed by atoms with E-state index in [1.165, 1.54) is 17.2 Å². The van der Waals surface area contributed by atoms with Crippen LogP contribution in [0.15, 0.2) is 77.8 Å². The number of aliphatic hydroxyl groups is 1. The lowest BCUT2D eigenvalue weighted by Gasteiger charge is -2.28. The highest BCUT2D eigenvalue weighted by atomic mass is 32.2. The molecule has 11 nitrogen and oxygen atoms in total. The first kappa shape index (κ1) is 36.3. The third kappa shape index (κ3) is 7.03. The van der Waals surface area contributed by atoms with E-state index in [0.717, 1.165) is 3.97 Å². The maximum absolute atomic E-state index is 14.3. The number of carbonyl (C=O) groups is 1. The number of nitrogens with one attached hydrogen (secondary N) is 2. The van der Waals surface area contributed by atoms with Crippen molar-refractivity contribution in [2.45, 2.75) is 50.9 Å². The second-order valence-electron chi connectivity index (χ2n) is 12.9. The Morgan fingerprint density at radius 2 is 1.64 bits per heavy atom. The van der Waals surface area contributed by atoms with Crippen molar-refractivity contribution in [2.24, 2.45) is 0 Å². The largest absolute Gasteiger partial charge is 0.456 e. The maximum Gasteiger partial charge on any atom is 0.269 e. The molecule has 1 amide bonds. The molecular weight excluding hydrogens is 677 g/mol. The molecule has 1 unspecified atom stereocenters. The first-order valence-electron chi connectivity index (χ1n) is 15.8. The third-order valence-corrected chi connectivity index (χ3v) is 11.1. The van der Waals surface area contributed by atoms with Gasteiger partial charge in [0.15, 0.2) is 11.6 Å². The quantitative estimate of drug-likeness (QED) is 0.174. The minimum Gasteiger partial charge on any atom is -0.456 e. The van der Waals surface area contributed by atoms with Crippen molar-refractivity contribution >= 4 is 42.9 Å². The Bertz CT molecular complexity index is 2290. The lowest BCUT2D eigenvalue weighted by Crippen LogP contribution is -2.30. The molecule has 262 valence electrons. The fourth-order valence-corrected chi connectivity index (χ4v) is 8.36. The minimum absolute atomic E-state index is 0.0401. The Morgan fingerprint density at radius 1 is 1.00 bits per heavy atom. The van der Waals surface area contributed by atoms with E-state index in [1.807, 2.05) is 5.94 Å². The zero-order valence-electron chi connectivity index (χ0n) is 29.0. The molecule has 2 heterocycles. The maximum atomic E-state index is 14.3. The summed E-state index contributed by atoms with van der Waals surface area (Å²) in [5.41, 5.74) is 1.78. The van der Waals surface area contributed by atoms with E-state index in [9.17, 15) is 27.3 Å². The fraction of sp³-hybridized carbons (Fsp3) is 0.270. The molecule has 0 fully saturated rings. The van der Waals surface area contributed by atoms with Crippen LogP contribution in [-0.4, -0.2) is 58.3 Å². The number of ether oxygens (including phenoxy) is 1. The average molecular weight is 717 g/mol. The number of rotatable bonds is 10. The first-order chi connectivity index (χ1) is 23.4. The van der Waals surface area contributed by atoms with E-state index in [2.05, 4.69) is 5.32 Å². The fourth-order valence-electron chi connectivity index (χ4n) is 5.92. The van der Waals surface area contributed by atoms with Crippen molar-refractivity contribution in [3.63, 3.8) is 0 Å². The summed E-state index contributed by atoms with van der Waals surface area (Å²) in [7, 11) is -5.72. The molecule has 0 saturated heterocycles. The molecule has 1 aliphatic rings. The zero-order chi connectivity index (χ0) is 36.8. The molecular formula is C37H40N4O7S2. The van der Waals surface area contributed by atoms with Gasteiger partial charge in [0, 0.05) is 47.6 Å². The highest BCUT2D eigenvalue weighted by Crippen LogP contribution is 2.44. The Labute approximate surface area is 292 Å². The summed E-state index contributed by atoms with van der Waals surface area (Å²) in [6, 6.07) is 18.4. The molecule has 0 radical (unpaired) electrons. The van der Waals surface area contributed by atoms with E-state index in [-0.39, 0.29) is 29.2 Å². The van der Waals surface area contributed by atoms with Gasteiger partial charge in [0.2, 0.25) is 10.0 Å². The van der Waals surface area contributed by atoms with Crippen molar-refractivity contribution < 1.29 is 32.1 Å². The molecule has 0 bridgehead atoms. The number of aromatic nitrogens is 1. The monoisotopic (exact) mass is 716 g/mol. The predicted octanol–water partition coefficient (Wildman–Crippen LogP) is 5.80. The highest BCUT2D eigenvalue weighted by molar-refractivity contribution is 7.91. The number of aryl methyl sites for hydroxylation is 2. The van der Waals surface area contributed by atoms with Crippen LogP contribution in [0.5, 0.6) is 11.5 Å². The summed E-state index contributed by atoms with van der Waals surface area (Å²) in [6.45, 7) is 8.76. The van der Waals surface area contributed by atoms with Crippen LogP contribution in [-0.2, 0) is 35.9 Å². The summed E-state index contributed by atoms with van der Waals surface area (Å²) < 4.78 is 56.6. The van der Waals surface area contributed by atoms with Gasteiger partial charge in [-0.15, -0.1) is 0 Å². The van der Waals surface area contributed by atoms with E-state index >= 15 is 0 Å². The summed E-state index contributed by atoms with van der Waals surface area (Å²) in [4.78, 5) is 27.9. The van der Waals surface area contributed by atoms with Crippen molar-refractivity contribution in [3.05, 3.63) is 118 Å². The molecule has 13 heteroatoms. The summed E-state index contributed by atoms with van der Waals surface area (Å²) in [5.74, 6) is 1.57. The molecule has 1 aliphatic heterocycles. The van der Waals surface area contributed by atoms with Crippen LogP contribution in [0.1, 0.15) is 70.3 Å². The Morgan fingerprint density at radius 3 is 2.20 bits per heavy atom. The van der Waals surface area contributed by atoms with Crippen molar-refractivity contribution in [2.75, 3.05) is 19.8 Å². The molecule has 50 heavy (non-hydrogen) atoms. The van der Waals surface area contributed by atoms with Crippen LogP contribution in [0.4, 0.5) is 0 Å². The van der Waals surface area contributed by atoms with E-state index < -0.39 is 37.0 Å². The molecule has 5 rings (SSSR count). The lowest BCUT2D eigenvalue weighted by molar-refractivity contribution is 0.0785. The van der Waals surface area contributed by atoms with Crippen molar-refractivity contribution in [1.82, 2.24) is 14.2 Å². The van der Waals surface area contributed by atoms with Crippen molar-refractivity contribution in [3.8, 4) is 11.5 Å². The van der Waals surface area contributed by atoms with Gasteiger partial charge in [-0.05, 0) is 87.2 Å². The molecule has 0 saturated carbocycles. The molecule has 4 aromatic rings. The number of hydrogen-bond acceptors (Lipinski definition) is 9. The Hall–Kier alpha value is -4.94.